The van der Waals surface area contributed by atoms with E-state index < -0.39 is 11.2 Å². The van der Waals surface area contributed by atoms with Crippen molar-refractivity contribution in [2.75, 3.05) is 24.3 Å². The molecule has 0 saturated heterocycles. The Morgan fingerprint density at radius 3 is 2.68 bits per heavy atom. The van der Waals surface area contributed by atoms with Gasteiger partial charge in [0.2, 0.25) is 5.91 Å². The van der Waals surface area contributed by atoms with Gasteiger partial charge >= 0.3 is 5.69 Å². The van der Waals surface area contributed by atoms with Crippen molar-refractivity contribution in [3.8, 4) is 11.5 Å². The van der Waals surface area contributed by atoms with Gasteiger partial charge in [0.05, 0.1) is 5.75 Å². The second kappa shape index (κ2) is 9.13. The number of aryl methyl sites for hydroxylation is 1. The van der Waals surface area contributed by atoms with E-state index in [2.05, 4.69) is 15.3 Å². The molecule has 1 saturated carbocycles. The zero-order chi connectivity index (χ0) is 23.8. The van der Waals surface area contributed by atoms with Crippen molar-refractivity contribution in [2.45, 2.75) is 43.7 Å². The molecule has 34 heavy (non-hydrogen) atoms. The Morgan fingerprint density at radius 1 is 1.18 bits per heavy atom. The summed E-state index contributed by atoms with van der Waals surface area (Å²) in [5.41, 5.74) is 0.0897. The first-order valence-electron chi connectivity index (χ1n) is 11.3. The number of nitrogens with one attached hydrogen (secondary N) is 1. The summed E-state index contributed by atoms with van der Waals surface area (Å²) in [5.74, 6) is 1.88. The van der Waals surface area contributed by atoms with Crippen LogP contribution in [0, 0.1) is 0 Å². The molecule has 10 nitrogen and oxygen atoms in total. The van der Waals surface area contributed by atoms with Gasteiger partial charge in [-0.2, -0.15) is 0 Å². The molecule has 0 radical (unpaired) electrons. The topological polar surface area (TPSA) is 117 Å². The summed E-state index contributed by atoms with van der Waals surface area (Å²) in [6.45, 7) is 3.36. The van der Waals surface area contributed by atoms with Crippen LogP contribution >= 0.6 is 11.8 Å². The molecule has 0 spiro atoms. The fourth-order valence-electron chi connectivity index (χ4n) is 3.86. The zero-order valence-corrected chi connectivity index (χ0v) is 19.8. The number of fused-ring (bicyclic) bond motifs is 2. The van der Waals surface area contributed by atoms with E-state index in [4.69, 9.17) is 9.47 Å². The molecular formula is C23H25N5O5S. The highest BCUT2D eigenvalue weighted by Crippen LogP contribution is 2.39. The molecule has 178 valence electrons. The third-order valence-corrected chi connectivity index (χ3v) is 6.70. The Labute approximate surface area is 199 Å². The number of aromatic nitrogens is 4. The summed E-state index contributed by atoms with van der Waals surface area (Å²) in [4.78, 5) is 47.7. The van der Waals surface area contributed by atoms with Crippen LogP contribution in [0.1, 0.15) is 37.9 Å². The molecule has 1 N–H and O–H groups in total. The maximum Gasteiger partial charge on any atom is 0.332 e. The maximum atomic E-state index is 13.0. The highest BCUT2D eigenvalue weighted by atomic mass is 32.2. The monoisotopic (exact) mass is 483 g/mol. The average molecular weight is 484 g/mol. The van der Waals surface area contributed by atoms with E-state index in [-0.39, 0.29) is 23.0 Å². The van der Waals surface area contributed by atoms with Crippen molar-refractivity contribution in [2.24, 2.45) is 7.05 Å². The molecule has 2 aliphatic rings. The molecule has 0 atom stereocenters. The predicted molar refractivity (Wildman–Crippen MR) is 128 cm³/mol. The molecule has 11 heteroatoms. The van der Waals surface area contributed by atoms with E-state index in [1.807, 2.05) is 6.92 Å². The van der Waals surface area contributed by atoms with Gasteiger partial charge in [0.1, 0.15) is 29.5 Å². The molecule has 3 heterocycles. The Balaban J connectivity index is 1.44. The molecule has 2 aromatic heterocycles. The summed E-state index contributed by atoms with van der Waals surface area (Å²) in [6.07, 6.45) is 2.67. The van der Waals surface area contributed by atoms with Crippen LogP contribution in [0.15, 0.2) is 32.8 Å². The lowest BCUT2D eigenvalue weighted by Gasteiger charge is -2.19. The van der Waals surface area contributed by atoms with Crippen LogP contribution < -0.4 is 26.0 Å². The summed E-state index contributed by atoms with van der Waals surface area (Å²) in [6, 6.07) is 5.23. The molecule has 1 aliphatic carbocycles. The van der Waals surface area contributed by atoms with Gasteiger partial charge in [0.25, 0.3) is 5.56 Å². The van der Waals surface area contributed by atoms with Gasteiger partial charge in [-0.25, -0.2) is 14.8 Å². The first kappa shape index (κ1) is 22.5. The van der Waals surface area contributed by atoms with Gasteiger partial charge in [-0.05, 0) is 31.4 Å². The minimum atomic E-state index is -0.454. The third kappa shape index (κ3) is 4.27. The Hall–Kier alpha value is -3.34. The van der Waals surface area contributed by atoms with Crippen molar-refractivity contribution in [1.82, 2.24) is 19.1 Å². The molecular weight excluding hydrogens is 458 g/mol. The lowest BCUT2D eigenvalue weighted by Crippen LogP contribution is -2.39. The molecule has 0 unspecified atom stereocenters. The summed E-state index contributed by atoms with van der Waals surface area (Å²) in [5, 5.41) is 3.55. The quantitative estimate of drug-likeness (QED) is 0.402. The first-order valence-corrected chi connectivity index (χ1v) is 12.3. The molecule has 3 aromatic rings. The molecule has 1 aliphatic heterocycles. The van der Waals surface area contributed by atoms with E-state index >= 15 is 0 Å². The van der Waals surface area contributed by atoms with E-state index in [9.17, 15) is 14.4 Å². The average Bonchev–Trinajstić information content (AvgIpc) is 3.69. The van der Waals surface area contributed by atoms with Crippen LogP contribution in [0.3, 0.4) is 0 Å². The summed E-state index contributed by atoms with van der Waals surface area (Å²) >= 11 is 1.17. The van der Waals surface area contributed by atoms with Crippen molar-refractivity contribution in [3.05, 3.63) is 44.9 Å². The van der Waals surface area contributed by atoms with Crippen molar-refractivity contribution < 1.29 is 14.3 Å². The van der Waals surface area contributed by atoms with Crippen molar-refractivity contribution in [1.29, 1.82) is 0 Å². The summed E-state index contributed by atoms with van der Waals surface area (Å²) in [7, 11) is 1.45. The molecule has 1 aromatic carbocycles. The van der Waals surface area contributed by atoms with Gasteiger partial charge in [-0.1, -0.05) is 18.7 Å². The highest BCUT2D eigenvalue weighted by Gasteiger charge is 2.29. The highest BCUT2D eigenvalue weighted by molar-refractivity contribution is 8.00. The van der Waals surface area contributed by atoms with E-state index in [1.54, 1.807) is 18.2 Å². The Morgan fingerprint density at radius 2 is 1.94 bits per heavy atom. The lowest BCUT2D eigenvalue weighted by atomic mass is 10.2. The zero-order valence-electron chi connectivity index (χ0n) is 19.0. The lowest BCUT2D eigenvalue weighted by molar-refractivity contribution is -0.113. The number of amides is 1. The number of carbonyl (C=O) groups excluding carboxylic acids is 1. The van der Waals surface area contributed by atoms with Gasteiger partial charge in [0, 0.05) is 31.3 Å². The van der Waals surface area contributed by atoms with Gasteiger partial charge in [-0.15, -0.1) is 0 Å². The second-order valence-corrected chi connectivity index (χ2v) is 9.32. The standard InChI is InChI=1S/C23H25N5O5S/c1-3-8-28-20-18(22(30)27(2)23(28)31)21(26-19(25-20)13-4-5-13)34-12-17(29)24-14-6-7-15-16(11-14)33-10-9-32-15/h6-7,11,13H,3-5,8-10,12H2,1-2H3,(H,24,29). The third-order valence-electron chi connectivity index (χ3n) is 5.72. The number of nitrogens with zero attached hydrogens (tertiary/aromatic N) is 4. The van der Waals surface area contributed by atoms with Crippen LogP contribution in [0.25, 0.3) is 11.0 Å². The number of rotatable bonds is 7. The second-order valence-electron chi connectivity index (χ2n) is 8.35. The number of hydrogen-bond acceptors (Lipinski definition) is 8. The van der Waals surface area contributed by atoms with Gasteiger partial charge < -0.3 is 14.8 Å². The largest absolute Gasteiger partial charge is 0.486 e. The van der Waals surface area contributed by atoms with Crippen LogP contribution in [0.5, 0.6) is 11.5 Å². The fraction of sp³-hybridized carbons (Fsp3) is 0.435. The molecule has 0 bridgehead atoms. The minimum absolute atomic E-state index is 0.0424. The van der Waals surface area contributed by atoms with Crippen LogP contribution in [-0.2, 0) is 18.4 Å². The smallest absolute Gasteiger partial charge is 0.332 e. The predicted octanol–water partition coefficient (Wildman–Crippen LogP) is 2.28. The van der Waals surface area contributed by atoms with Gasteiger partial charge in [-0.3, -0.25) is 18.7 Å². The number of thioether (sulfide) groups is 1. The molecule has 1 amide bonds. The number of benzene rings is 1. The van der Waals surface area contributed by atoms with Crippen molar-refractivity contribution >= 4 is 34.4 Å². The normalized spacial score (nSPS) is 14.9. The number of anilines is 1. The van der Waals surface area contributed by atoms with E-state index in [1.165, 1.54) is 23.4 Å². The maximum absolute atomic E-state index is 13.0. The SMILES string of the molecule is CCCn1c(=O)n(C)c(=O)c2c(SCC(=O)Nc3ccc4c(c3)OCCO4)nc(C3CC3)nc21. The van der Waals surface area contributed by atoms with E-state index in [0.717, 1.165) is 23.8 Å². The fourth-order valence-corrected chi connectivity index (χ4v) is 4.68. The van der Waals surface area contributed by atoms with Gasteiger partial charge in [0.15, 0.2) is 17.1 Å². The van der Waals surface area contributed by atoms with Crippen LogP contribution in [0.4, 0.5) is 5.69 Å². The minimum Gasteiger partial charge on any atom is -0.486 e. The van der Waals surface area contributed by atoms with E-state index in [0.29, 0.717) is 53.4 Å². The Kier molecular flexibility index (Phi) is 6.03. The first-order chi connectivity index (χ1) is 16.5. The van der Waals surface area contributed by atoms with Crippen molar-refractivity contribution in [3.63, 3.8) is 0 Å². The molecule has 5 rings (SSSR count). The summed E-state index contributed by atoms with van der Waals surface area (Å²) < 4.78 is 13.7. The Bertz CT molecular complexity index is 1400. The number of hydrogen-bond donors (Lipinski definition) is 1. The number of ether oxygens (including phenoxy) is 2. The van der Waals surface area contributed by atoms with Crippen LogP contribution in [0.2, 0.25) is 0 Å². The number of carbonyl (C=O) groups is 1. The van der Waals surface area contributed by atoms with Crippen LogP contribution in [-0.4, -0.2) is 44.0 Å². The molecule has 1 fully saturated rings.